The fourth-order valence-corrected chi connectivity index (χ4v) is 11.1. The number of aromatic nitrogens is 3. The monoisotopic (exact) mass is 1310 g/mol. The van der Waals surface area contributed by atoms with Gasteiger partial charge >= 0.3 is 5.97 Å². The van der Waals surface area contributed by atoms with Gasteiger partial charge < -0.3 is 97.0 Å². The molecule has 29 nitrogen and oxygen atoms in total. The van der Waals surface area contributed by atoms with Gasteiger partial charge in [-0.05, 0) is 104 Å². The third-order valence-electron chi connectivity index (χ3n) is 16.4. The highest BCUT2D eigenvalue weighted by atomic mass is 16.4. The summed E-state index contributed by atoms with van der Waals surface area (Å²) in [6.45, 7) is 10.7. The lowest BCUT2D eigenvalue weighted by Gasteiger charge is -2.30. The number of hydrogen-bond donors (Lipinski definition) is 18. The van der Waals surface area contributed by atoms with Crippen molar-refractivity contribution in [3.05, 3.63) is 108 Å². The van der Waals surface area contributed by atoms with Crippen LogP contribution in [0.4, 0.5) is 0 Å². The van der Waals surface area contributed by atoms with Crippen molar-refractivity contribution in [1.82, 2.24) is 57.5 Å². The van der Waals surface area contributed by atoms with Crippen LogP contribution in [0.25, 0.3) is 32.7 Å². The molecule has 3 heterocycles. The number of guanidine groups is 2. The van der Waals surface area contributed by atoms with Gasteiger partial charge in [-0.15, -0.1) is 0 Å². The van der Waals surface area contributed by atoms with Gasteiger partial charge in [0.05, 0.1) is 6.04 Å². The van der Waals surface area contributed by atoms with E-state index in [1.165, 1.54) is 0 Å². The van der Waals surface area contributed by atoms with Crippen molar-refractivity contribution < 1.29 is 48.3 Å². The minimum absolute atomic E-state index is 0.0165. The number of aliphatic carboxylic acids is 1. The van der Waals surface area contributed by atoms with Crippen LogP contribution in [0.15, 0.2) is 101 Å². The number of H-pyrrole nitrogens is 3. The van der Waals surface area contributed by atoms with E-state index in [-0.39, 0.29) is 70.0 Å². The Kier molecular flexibility index (Phi) is 27.9. The third-order valence-corrected chi connectivity index (χ3v) is 16.4. The summed E-state index contributed by atoms with van der Waals surface area (Å²) in [5.41, 5.74) is 38.2. The Morgan fingerprint density at radius 3 is 1.11 bits per heavy atom. The SMILES string of the molecule is CC(C)[C@H](NC(=O)[C@H](Cc1c[nH]c2ccccc12)NC(=O)[C@H](CCCN=C(N)N)NC(=O)[C@@H](N)CCCN=C(N)N)C(=O)N[C@@H](Cc1c[nH]c2ccccc12)C(=O)N[C@H](C(=O)N[C@H](C(=O)N[C@@H](Cc1c[nH]c2ccccc12)C(=O)N[C@@H](CCCCN)C(=O)O)C(C)C)C(C)C. The minimum Gasteiger partial charge on any atom is -0.480 e. The van der Waals surface area contributed by atoms with Gasteiger partial charge in [-0.25, -0.2) is 4.79 Å². The molecule has 3 aromatic heterocycles. The number of benzene rings is 3. The zero-order valence-electron chi connectivity index (χ0n) is 54.8. The summed E-state index contributed by atoms with van der Waals surface area (Å²) in [5, 5.41) is 34.6. The van der Waals surface area contributed by atoms with Crippen LogP contribution in [0.2, 0.25) is 0 Å². The van der Waals surface area contributed by atoms with Gasteiger partial charge in [0.25, 0.3) is 0 Å². The highest BCUT2D eigenvalue weighted by Crippen LogP contribution is 2.23. The number of nitrogens with one attached hydrogen (secondary N) is 11. The zero-order chi connectivity index (χ0) is 69.5. The van der Waals surface area contributed by atoms with Crippen LogP contribution in [0.5, 0.6) is 0 Å². The number of carbonyl (C=O) groups is 9. The predicted molar refractivity (Wildman–Crippen MR) is 364 cm³/mol. The molecule has 0 aliphatic heterocycles. The highest BCUT2D eigenvalue weighted by Gasteiger charge is 2.38. The lowest BCUT2D eigenvalue weighted by atomic mass is 9.97. The molecule has 0 saturated heterocycles. The van der Waals surface area contributed by atoms with Gasteiger partial charge in [0.15, 0.2) is 11.9 Å². The van der Waals surface area contributed by atoms with E-state index in [2.05, 4.69) is 67.5 Å². The Hall–Kier alpha value is -10.0. The number of fused-ring (bicyclic) bond motifs is 3. The van der Waals surface area contributed by atoms with Crippen molar-refractivity contribution in [3.8, 4) is 0 Å². The van der Waals surface area contributed by atoms with E-state index in [1.807, 2.05) is 72.8 Å². The second kappa shape index (κ2) is 35.9. The fourth-order valence-electron chi connectivity index (χ4n) is 11.1. The van der Waals surface area contributed by atoms with Crippen molar-refractivity contribution in [1.29, 1.82) is 0 Å². The van der Waals surface area contributed by atoms with Crippen LogP contribution in [0.3, 0.4) is 0 Å². The molecule has 0 aliphatic rings. The molecule has 0 radical (unpaired) electrons. The van der Waals surface area contributed by atoms with Gasteiger partial charge in [0.1, 0.15) is 48.3 Å². The Bertz CT molecular complexity index is 3660. The summed E-state index contributed by atoms with van der Waals surface area (Å²) >= 11 is 0. The third kappa shape index (κ3) is 21.8. The van der Waals surface area contributed by atoms with Crippen LogP contribution in [-0.2, 0) is 62.4 Å². The van der Waals surface area contributed by atoms with Crippen LogP contribution >= 0.6 is 0 Å². The first-order chi connectivity index (χ1) is 45.3. The van der Waals surface area contributed by atoms with Crippen LogP contribution < -0.4 is 76.9 Å². The van der Waals surface area contributed by atoms with Crippen molar-refractivity contribution in [3.63, 3.8) is 0 Å². The zero-order valence-corrected chi connectivity index (χ0v) is 54.8. The molecule has 95 heavy (non-hydrogen) atoms. The molecule has 29 heteroatoms. The lowest BCUT2D eigenvalue weighted by molar-refractivity contribution is -0.142. The molecule has 6 aromatic rings. The molecule has 9 atom stereocenters. The first kappa shape index (κ1) is 74.0. The maximum Gasteiger partial charge on any atom is 0.326 e. The molecule has 24 N–H and O–H groups in total. The normalized spacial score (nSPS) is 14.3. The molecule has 0 aliphatic carbocycles. The summed E-state index contributed by atoms with van der Waals surface area (Å²) in [6, 6.07) is 10.3. The van der Waals surface area contributed by atoms with E-state index in [0.29, 0.717) is 42.5 Å². The minimum atomic E-state index is -1.41. The maximum absolute atomic E-state index is 15.0. The second-order valence-electron chi connectivity index (χ2n) is 24.8. The topological polar surface area (TPSA) is 498 Å². The molecule has 6 rings (SSSR count). The van der Waals surface area contributed by atoms with Crippen LogP contribution in [-0.4, -0.2) is 159 Å². The van der Waals surface area contributed by atoms with Gasteiger partial charge in [0, 0.05) is 83.7 Å². The number of aliphatic imine (C=N–C) groups is 2. The number of hydrogen-bond acceptors (Lipinski definition) is 13. The average molecular weight is 1310 g/mol. The molecule has 0 saturated carbocycles. The average Bonchev–Trinajstić information content (AvgIpc) is 1.82. The van der Waals surface area contributed by atoms with Crippen molar-refractivity contribution in [2.75, 3.05) is 19.6 Å². The molecule has 3 aromatic carbocycles. The van der Waals surface area contributed by atoms with Gasteiger partial charge in [-0.3, -0.25) is 48.3 Å². The molecule has 0 fully saturated rings. The van der Waals surface area contributed by atoms with E-state index in [0.717, 1.165) is 32.7 Å². The largest absolute Gasteiger partial charge is 0.480 e. The smallest absolute Gasteiger partial charge is 0.326 e. The number of amides is 8. The number of aromatic amines is 3. The van der Waals surface area contributed by atoms with Gasteiger partial charge in [-0.2, -0.15) is 0 Å². The summed E-state index contributed by atoms with van der Waals surface area (Å²) in [4.78, 5) is 146. The van der Waals surface area contributed by atoms with Gasteiger partial charge in [0.2, 0.25) is 47.3 Å². The summed E-state index contributed by atoms with van der Waals surface area (Å²) in [7, 11) is 0. The van der Waals surface area contributed by atoms with Crippen molar-refractivity contribution in [2.45, 2.75) is 160 Å². The van der Waals surface area contributed by atoms with Crippen LogP contribution in [0, 0.1) is 17.8 Å². The van der Waals surface area contributed by atoms with E-state index in [9.17, 15) is 43.5 Å². The predicted octanol–water partition coefficient (Wildman–Crippen LogP) is 0.653. The Balaban J connectivity index is 1.26. The quantitative estimate of drug-likeness (QED) is 0.0144. The van der Waals surface area contributed by atoms with Gasteiger partial charge in [-0.1, -0.05) is 96.1 Å². The maximum atomic E-state index is 15.0. The number of rotatable bonds is 38. The van der Waals surface area contributed by atoms with Crippen molar-refractivity contribution in [2.24, 2.45) is 62.1 Å². The highest BCUT2D eigenvalue weighted by molar-refractivity contribution is 5.99. The van der Waals surface area contributed by atoms with E-state index >= 15 is 4.79 Å². The first-order valence-corrected chi connectivity index (χ1v) is 32.1. The summed E-state index contributed by atoms with van der Waals surface area (Å²) < 4.78 is 0. The van der Waals surface area contributed by atoms with E-state index < -0.39 is 125 Å². The molecule has 0 bridgehead atoms. The number of carboxylic acid groups (broad SMARTS) is 1. The number of para-hydroxylation sites is 3. The molecule has 0 unspecified atom stereocenters. The molecule has 0 spiro atoms. The molecule has 8 amide bonds. The lowest BCUT2D eigenvalue weighted by Crippen LogP contribution is -2.62. The number of unbranched alkanes of at least 4 members (excludes halogenated alkanes) is 1. The Labute approximate surface area is 551 Å². The Morgan fingerprint density at radius 1 is 0.411 bits per heavy atom. The summed E-state index contributed by atoms with van der Waals surface area (Å²) in [6.07, 6.45) is 6.64. The molecular formula is C66H95N19O10. The summed E-state index contributed by atoms with van der Waals surface area (Å²) in [5.74, 6) is -9.49. The van der Waals surface area contributed by atoms with Crippen molar-refractivity contribution >= 4 is 97.9 Å². The molecular weight excluding hydrogens is 1220 g/mol. The first-order valence-electron chi connectivity index (χ1n) is 32.1. The number of carboxylic acids is 1. The second-order valence-corrected chi connectivity index (χ2v) is 24.8. The standard InChI is InChI=1S/C66H95N19O10/c1-35(2)53(83-59(89)51(30-39-33-76-46-22-11-8-18-42(39)46)80-57(87)48(25-16-28-74-66(71)72)78-56(86)44(68)20-15-27-73-65(69)70)61(91)82-52(31-40-34-77-47-23-12-9-19-43(40)47)60(90)84-55(37(5)6)63(93)85-54(36(3)4)62(92)81-50(29-38-32-75-45-21-10-7-17-41(38)45)58(88)79-49(64(94)95)24-13-14-26-67/h7-12,17-19,21-23,32-37,44,48-55,75-77H,13-16,20,24-31,67-68H2,1-6H3,(H,78,86)(H,79,88)(H,80,87)(H,81,92)(H,82,91)(H,83,89)(H,84,90)(H,85,93)(H,94,95)(H4,69,70,73)(H4,71,72,74)/t44-,48-,49-,50-,51-,52-,53-,54-,55-/m0/s1. The molecule has 514 valence electrons. The number of nitrogens with zero attached hydrogens (tertiary/aromatic N) is 2. The van der Waals surface area contributed by atoms with E-state index in [1.54, 1.807) is 60.1 Å². The number of nitrogens with two attached hydrogens (primary N) is 6. The fraction of sp³-hybridized carbons (Fsp3) is 0.470. The Morgan fingerprint density at radius 2 is 0.726 bits per heavy atom. The van der Waals surface area contributed by atoms with Crippen LogP contribution in [0.1, 0.15) is 103 Å². The number of carbonyl (C=O) groups excluding carboxylic acids is 8. The van der Waals surface area contributed by atoms with E-state index in [4.69, 9.17) is 34.4 Å².